The van der Waals surface area contributed by atoms with Crippen LogP contribution in [0.5, 0.6) is 0 Å². The summed E-state index contributed by atoms with van der Waals surface area (Å²) in [4.78, 5) is 24.4. The molecule has 0 heterocycles. The van der Waals surface area contributed by atoms with Crippen LogP contribution in [0, 0.1) is 0 Å². The Bertz CT molecular complexity index is 940. The number of nitrogens with one attached hydrogen (secondary N) is 2. The number of carbonyl (C=O) groups excluding carboxylic acids is 2. The Morgan fingerprint density at radius 1 is 0.933 bits per heavy atom. The number of sulfonamides is 1. The molecule has 2 rings (SSSR count). The van der Waals surface area contributed by atoms with Crippen LogP contribution in [0.4, 0.5) is 5.69 Å². The van der Waals surface area contributed by atoms with Crippen molar-refractivity contribution in [2.75, 3.05) is 32.2 Å². The topological polar surface area (TPSA) is 111 Å². The second-order valence-electron chi connectivity index (χ2n) is 6.44. The smallest absolute Gasteiger partial charge is 0.338 e. The Kier molecular flexibility index (Phi) is 8.97. The van der Waals surface area contributed by atoms with Crippen LogP contribution in [-0.2, 0) is 19.5 Å². The van der Waals surface area contributed by atoms with Crippen molar-refractivity contribution in [3.8, 4) is 0 Å². The van der Waals surface area contributed by atoms with Crippen molar-refractivity contribution in [1.82, 2.24) is 4.72 Å². The first-order valence-corrected chi connectivity index (χ1v) is 11.0. The molecular weight excluding hydrogens is 408 g/mol. The molecule has 9 heteroatoms. The van der Waals surface area contributed by atoms with Gasteiger partial charge in [0.05, 0.1) is 23.7 Å². The van der Waals surface area contributed by atoms with Gasteiger partial charge in [-0.2, -0.15) is 0 Å². The molecule has 0 aliphatic heterocycles. The van der Waals surface area contributed by atoms with Gasteiger partial charge in [-0.15, -0.1) is 0 Å². The lowest BCUT2D eigenvalue weighted by Crippen LogP contribution is -2.27. The summed E-state index contributed by atoms with van der Waals surface area (Å²) in [7, 11) is -2.18. The number of amides is 1. The number of hydrogen-bond acceptors (Lipinski definition) is 6. The van der Waals surface area contributed by atoms with E-state index in [1.165, 1.54) is 31.4 Å². The SMILES string of the molecule is CCCCOC(=O)c1ccc(NC(=O)c2ccc(S(=O)(=O)NCCOC)cc2)cc1. The zero-order valence-corrected chi connectivity index (χ0v) is 17.8. The molecule has 0 spiro atoms. The molecule has 0 unspecified atom stereocenters. The van der Waals surface area contributed by atoms with E-state index < -0.39 is 21.9 Å². The van der Waals surface area contributed by atoms with E-state index in [-0.39, 0.29) is 18.0 Å². The Hall–Kier alpha value is -2.75. The minimum absolute atomic E-state index is 0.0566. The summed E-state index contributed by atoms with van der Waals surface area (Å²) < 4.78 is 36.6. The van der Waals surface area contributed by atoms with Crippen LogP contribution in [0.1, 0.15) is 40.5 Å². The maximum atomic E-state index is 12.4. The molecule has 0 saturated carbocycles. The van der Waals surface area contributed by atoms with E-state index in [0.29, 0.717) is 23.4 Å². The number of unbranched alkanes of at least 4 members (excludes halogenated alkanes) is 1. The minimum atomic E-state index is -3.66. The molecule has 0 saturated heterocycles. The summed E-state index contributed by atoms with van der Waals surface area (Å²) in [5.74, 6) is -0.804. The van der Waals surface area contributed by atoms with E-state index in [2.05, 4.69) is 10.0 Å². The summed E-state index contributed by atoms with van der Waals surface area (Å²) in [6, 6.07) is 11.9. The van der Waals surface area contributed by atoms with Gasteiger partial charge in [-0.25, -0.2) is 17.9 Å². The average molecular weight is 435 g/mol. The lowest BCUT2D eigenvalue weighted by atomic mass is 10.2. The third kappa shape index (κ3) is 6.94. The van der Waals surface area contributed by atoms with Gasteiger partial charge in [-0.05, 0) is 55.0 Å². The summed E-state index contributed by atoms with van der Waals surface area (Å²) >= 11 is 0. The van der Waals surface area contributed by atoms with E-state index in [4.69, 9.17) is 9.47 Å². The Balaban J connectivity index is 1.96. The number of esters is 1. The Morgan fingerprint density at radius 3 is 2.17 bits per heavy atom. The summed E-state index contributed by atoms with van der Waals surface area (Å²) in [5.41, 5.74) is 1.21. The molecule has 30 heavy (non-hydrogen) atoms. The average Bonchev–Trinajstić information content (AvgIpc) is 2.74. The van der Waals surface area contributed by atoms with Gasteiger partial charge in [0.2, 0.25) is 10.0 Å². The summed E-state index contributed by atoms with van der Waals surface area (Å²) in [5, 5.41) is 2.70. The standard InChI is InChI=1S/C21H26N2O6S/c1-3-4-14-29-21(25)17-5-9-18(10-6-17)23-20(24)16-7-11-19(12-8-16)30(26,27)22-13-15-28-2/h5-12,22H,3-4,13-15H2,1-2H3,(H,23,24). The maximum Gasteiger partial charge on any atom is 0.338 e. The fourth-order valence-corrected chi connectivity index (χ4v) is 3.45. The molecule has 0 radical (unpaired) electrons. The van der Waals surface area contributed by atoms with Crippen LogP contribution in [0.15, 0.2) is 53.4 Å². The van der Waals surface area contributed by atoms with Crippen LogP contribution >= 0.6 is 0 Å². The van der Waals surface area contributed by atoms with Crippen molar-refractivity contribution in [3.63, 3.8) is 0 Å². The first-order chi connectivity index (χ1) is 14.4. The molecule has 0 fully saturated rings. The Morgan fingerprint density at radius 2 is 1.57 bits per heavy atom. The number of anilines is 1. The van der Waals surface area contributed by atoms with Gasteiger partial charge >= 0.3 is 5.97 Å². The fraction of sp³-hybridized carbons (Fsp3) is 0.333. The minimum Gasteiger partial charge on any atom is -0.462 e. The molecule has 2 aromatic rings. The molecule has 0 atom stereocenters. The van der Waals surface area contributed by atoms with Crippen molar-refractivity contribution in [2.24, 2.45) is 0 Å². The van der Waals surface area contributed by atoms with Crippen LogP contribution in [0.2, 0.25) is 0 Å². The second kappa shape index (κ2) is 11.4. The van der Waals surface area contributed by atoms with Crippen molar-refractivity contribution in [3.05, 3.63) is 59.7 Å². The van der Waals surface area contributed by atoms with Gasteiger partial charge in [-0.3, -0.25) is 4.79 Å². The maximum absolute atomic E-state index is 12.4. The summed E-state index contributed by atoms with van der Waals surface area (Å²) in [6.07, 6.45) is 1.75. The molecule has 0 bridgehead atoms. The monoisotopic (exact) mass is 434 g/mol. The molecule has 8 nitrogen and oxygen atoms in total. The molecule has 162 valence electrons. The van der Waals surface area contributed by atoms with Crippen molar-refractivity contribution < 1.29 is 27.5 Å². The number of hydrogen-bond donors (Lipinski definition) is 2. The van der Waals surface area contributed by atoms with Gasteiger partial charge in [0.15, 0.2) is 0 Å². The molecule has 2 N–H and O–H groups in total. The van der Waals surface area contributed by atoms with E-state index in [1.54, 1.807) is 24.3 Å². The van der Waals surface area contributed by atoms with Gasteiger partial charge in [0.25, 0.3) is 5.91 Å². The zero-order chi connectivity index (χ0) is 22.0. The van der Waals surface area contributed by atoms with Crippen LogP contribution < -0.4 is 10.0 Å². The van der Waals surface area contributed by atoms with Crippen molar-refractivity contribution >= 4 is 27.6 Å². The van der Waals surface area contributed by atoms with Crippen molar-refractivity contribution in [2.45, 2.75) is 24.7 Å². The van der Waals surface area contributed by atoms with E-state index in [1.807, 2.05) is 6.92 Å². The number of ether oxygens (including phenoxy) is 2. The second-order valence-corrected chi connectivity index (χ2v) is 8.20. The third-order valence-electron chi connectivity index (χ3n) is 4.13. The number of carbonyl (C=O) groups is 2. The van der Waals surface area contributed by atoms with E-state index >= 15 is 0 Å². The highest BCUT2D eigenvalue weighted by atomic mass is 32.2. The lowest BCUT2D eigenvalue weighted by molar-refractivity contribution is 0.0499. The molecular formula is C21H26N2O6S. The summed E-state index contributed by atoms with van der Waals surface area (Å²) in [6.45, 7) is 2.80. The first-order valence-electron chi connectivity index (χ1n) is 9.54. The zero-order valence-electron chi connectivity index (χ0n) is 17.0. The highest BCUT2D eigenvalue weighted by Gasteiger charge is 2.15. The van der Waals surface area contributed by atoms with Gasteiger partial charge in [0.1, 0.15) is 0 Å². The van der Waals surface area contributed by atoms with E-state index in [9.17, 15) is 18.0 Å². The highest BCUT2D eigenvalue weighted by Crippen LogP contribution is 2.15. The quantitative estimate of drug-likeness (QED) is 0.416. The Labute approximate surface area is 176 Å². The molecule has 0 aromatic heterocycles. The largest absolute Gasteiger partial charge is 0.462 e. The number of benzene rings is 2. The number of rotatable bonds is 11. The predicted molar refractivity (Wildman–Crippen MR) is 113 cm³/mol. The first kappa shape index (κ1) is 23.5. The predicted octanol–water partition coefficient (Wildman–Crippen LogP) is 2.82. The van der Waals surface area contributed by atoms with Gasteiger partial charge < -0.3 is 14.8 Å². The van der Waals surface area contributed by atoms with E-state index in [0.717, 1.165) is 12.8 Å². The molecule has 0 aliphatic carbocycles. The number of methoxy groups -OCH3 is 1. The van der Waals surface area contributed by atoms with Crippen LogP contribution in [0.3, 0.4) is 0 Å². The third-order valence-corrected chi connectivity index (χ3v) is 5.61. The normalized spacial score (nSPS) is 11.1. The highest BCUT2D eigenvalue weighted by molar-refractivity contribution is 7.89. The lowest BCUT2D eigenvalue weighted by Gasteiger charge is -2.09. The van der Waals surface area contributed by atoms with Crippen LogP contribution in [0.25, 0.3) is 0 Å². The molecule has 0 aliphatic rings. The van der Waals surface area contributed by atoms with Gasteiger partial charge in [-0.1, -0.05) is 13.3 Å². The molecule has 1 amide bonds. The van der Waals surface area contributed by atoms with Crippen LogP contribution in [-0.4, -0.2) is 47.2 Å². The van der Waals surface area contributed by atoms with Gasteiger partial charge in [0, 0.05) is 24.9 Å². The molecule has 2 aromatic carbocycles. The fourth-order valence-electron chi connectivity index (χ4n) is 2.43. The van der Waals surface area contributed by atoms with Crippen molar-refractivity contribution in [1.29, 1.82) is 0 Å².